The van der Waals surface area contributed by atoms with E-state index in [0.29, 0.717) is 0 Å². The third kappa shape index (κ3) is 5.51. The summed E-state index contributed by atoms with van der Waals surface area (Å²) >= 11 is 0. The lowest BCUT2D eigenvalue weighted by Crippen LogP contribution is -1.94. The van der Waals surface area contributed by atoms with Crippen LogP contribution in [0.4, 0.5) is 0 Å². The molecule has 0 unspecified atom stereocenters. The average molecular weight is 174 g/mol. The summed E-state index contributed by atoms with van der Waals surface area (Å²) in [7, 11) is 1.50. The lowest BCUT2D eigenvalue weighted by molar-refractivity contribution is 0.734. The van der Waals surface area contributed by atoms with Gasteiger partial charge in [0, 0.05) is 0 Å². The van der Waals surface area contributed by atoms with Crippen LogP contribution < -0.4 is 0 Å². The fourth-order valence-electron chi connectivity index (χ4n) is 1.60. The molecule has 0 amide bonds. The Morgan fingerprint density at radius 1 is 0.923 bits per heavy atom. The maximum absolute atomic E-state index is 2.08. The molecule has 1 aliphatic rings. The van der Waals surface area contributed by atoms with Crippen LogP contribution in [0, 0.1) is 6.92 Å². The molecule has 1 aromatic carbocycles. The molecule has 0 nitrogen and oxygen atoms in total. The van der Waals surface area contributed by atoms with Crippen molar-refractivity contribution in [3.05, 3.63) is 35.9 Å². The van der Waals surface area contributed by atoms with Crippen LogP contribution in [0.2, 0.25) is 12.6 Å². The second-order valence-corrected chi connectivity index (χ2v) is 3.78. The third-order valence-corrected chi connectivity index (χ3v) is 2.44. The number of hydrogen-bond donors (Lipinski definition) is 0. The highest BCUT2D eigenvalue weighted by Gasteiger charge is 1.97. The zero-order valence-electron chi connectivity index (χ0n) is 8.63. The van der Waals surface area contributed by atoms with Gasteiger partial charge in [-0.3, -0.25) is 0 Å². The van der Waals surface area contributed by atoms with Gasteiger partial charge in [0.1, 0.15) is 7.28 Å². The summed E-state index contributed by atoms with van der Waals surface area (Å²) in [5.41, 5.74) is 1.32. The molecule has 1 aromatic rings. The molecular formula is C12H19B. The van der Waals surface area contributed by atoms with Crippen LogP contribution in [0.15, 0.2) is 30.3 Å². The zero-order valence-corrected chi connectivity index (χ0v) is 8.63. The molecule has 1 fully saturated rings. The standard InChI is InChI=1S/C7H8.C5H11B/c1-7-5-3-2-4-6-7;1-2-4-6-5-3-1/h2-6H,1H3;6H,1-5H2. The Kier molecular flexibility index (Phi) is 5.39. The van der Waals surface area contributed by atoms with Crippen LogP contribution in [0.5, 0.6) is 0 Å². The number of benzene rings is 1. The van der Waals surface area contributed by atoms with Gasteiger partial charge < -0.3 is 0 Å². The summed E-state index contributed by atoms with van der Waals surface area (Å²) in [5, 5.41) is 0. The fraction of sp³-hybridized carbons (Fsp3) is 0.500. The molecule has 2 rings (SSSR count). The summed E-state index contributed by atoms with van der Waals surface area (Å²) in [6.45, 7) is 2.08. The highest BCUT2D eigenvalue weighted by atomic mass is 13.9. The van der Waals surface area contributed by atoms with Gasteiger partial charge in [-0.25, -0.2) is 0 Å². The number of hydrogen-bond acceptors (Lipinski definition) is 0. The van der Waals surface area contributed by atoms with Crippen LogP contribution >= 0.6 is 0 Å². The molecule has 0 aliphatic carbocycles. The number of rotatable bonds is 0. The average Bonchev–Trinajstić information content (AvgIpc) is 2.22. The molecule has 0 bridgehead atoms. The maximum Gasteiger partial charge on any atom is 0.120 e. The largest absolute Gasteiger partial charge is 0.120 e. The van der Waals surface area contributed by atoms with Gasteiger partial charge >= 0.3 is 0 Å². The first kappa shape index (κ1) is 10.4. The van der Waals surface area contributed by atoms with Gasteiger partial charge in [0.05, 0.1) is 0 Å². The van der Waals surface area contributed by atoms with Crippen molar-refractivity contribution < 1.29 is 0 Å². The van der Waals surface area contributed by atoms with Crippen molar-refractivity contribution in [2.45, 2.75) is 38.8 Å². The molecular weight excluding hydrogens is 155 g/mol. The molecule has 0 saturated carbocycles. The molecule has 13 heavy (non-hydrogen) atoms. The topological polar surface area (TPSA) is 0 Å². The van der Waals surface area contributed by atoms with Crippen molar-refractivity contribution in [3.63, 3.8) is 0 Å². The van der Waals surface area contributed by atoms with Crippen molar-refractivity contribution in [2.75, 3.05) is 0 Å². The highest BCUT2D eigenvalue weighted by molar-refractivity contribution is 6.35. The molecule has 1 heterocycles. The van der Waals surface area contributed by atoms with E-state index in [1.165, 1.54) is 44.7 Å². The van der Waals surface area contributed by atoms with Gasteiger partial charge in [0.2, 0.25) is 0 Å². The monoisotopic (exact) mass is 174 g/mol. The highest BCUT2D eigenvalue weighted by Crippen LogP contribution is 2.10. The van der Waals surface area contributed by atoms with Crippen LogP contribution in [-0.4, -0.2) is 7.28 Å². The first-order valence-corrected chi connectivity index (χ1v) is 5.41. The Balaban J connectivity index is 0.000000132. The molecule has 0 atom stereocenters. The zero-order chi connectivity index (χ0) is 9.36. The van der Waals surface area contributed by atoms with E-state index in [0.717, 1.165) is 0 Å². The first-order valence-electron chi connectivity index (χ1n) is 5.41. The molecule has 0 spiro atoms. The Morgan fingerprint density at radius 3 is 1.77 bits per heavy atom. The van der Waals surface area contributed by atoms with Crippen molar-refractivity contribution in [2.24, 2.45) is 0 Å². The lowest BCUT2D eigenvalue weighted by Gasteiger charge is -2.04. The summed E-state index contributed by atoms with van der Waals surface area (Å²) in [4.78, 5) is 0. The molecule has 1 aliphatic heterocycles. The molecule has 0 N–H and O–H groups in total. The summed E-state index contributed by atoms with van der Waals surface area (Å²) < 4.78 is 0. The van der Waals surface area contributed by atoms with E-state index >= 15 is 0 Å². The van der Waals surface area contributed by atoms with E-state index in [4.69, 9.17) is 0 Å². The molecule has 1 heteroatoms. The van der Waals surface area contributed by atoms with Gasteiger partial charge in [-0.15, -0.1) is 0 Å². The van der Waals surface area contributed by atoms with Crippen molar-refractivity contribution >= 4 is 7.28 Å². The minimum Gasteiger partial charge on any atom is -0.0774 e. The van der Waals surface area contributed by atoms with E-state index in [-0.39, 0.29) is 0 Å². The van der Waals surface area contributed by atoms with Crippen LogP contribution in [0.25, 0.3) is 0 Å². The molecule has 0 radical (unpaired) electrons. The van der Waals surface area contributed by atoms with Gasteiger partial charge in [-0.2, -0.15) is 0 Å². The lowest BCUT2D eigenvalue weighted by atomic mass is 9.64. The second kappa shape index (κ2) is 6.76. The van der Waals surface area contributed by atoms with Gasteiger partial charge in [-0.05, 0) is 6.92 Å². The van der Waals surface area contributed by atoms with E-state index < -0.39 is 0 Å². The quantitative estimate of drug-likeness (QED) is 0.528. The van der Waals surface area contributed by atoms with Crippen LogP contribution in [-0.2, 0) is 0 Å². The Morgan fingerprint density at radius 2 is 1.54 bits per heavy atom. The second-order valence-electron chi connectivity index (χ2n) is 3.78. The minimum absolute atomic E-state index is 1.32. The van der Waals surface area contributed by atoms with E-state index in [9.17, 15) is 0 Å². The minimum atomic E-state index is 1.32. The maximum atomic E-state index is 2.08. The predicted octanol–water partition coefficient (Wildman–Crippen LogP) is 3.44. The Hall–Kier alpha value is -0.715. The van der Waals surface area contributed by atoms with Crippen LogP contribution in [0.1, 0.15) is 24.8 Å². The molecule has 70 valence electrons. The summed E-state index contributed by atoms with van der Waals surface area (Å²) in [5.74, 6) is 0. The van der Waals surface area contributed by atoms with Crippen LogP contribution in [0.3, 0.4) is 0 Å². The summed E-state index contributed by atoms with van der Waals surface area (Å²) in [6.07, 6.45) is 7.50. The van der Waals surface area contributed by atoms with Gasteiger partial charge in [0.25, 0.3) is 0 Å². The molecule has 1 saturated heterocycles. The SMILES string of the molecule is B1CCCCC1.Cc1ccccc1. The third-order valence-electron chi connectivity index (χ3n) is 2.44. The Labute approximate surface area is 82.6 Å². The van der Waals surface area contributed by atoms with Crippen molar-refractivity contribution in [1.82, 2.24) is 0 Å². The normalized spacial score (nSPS) is 15.2. The Bertz CT molecular complexity index is 190. The van der Waals surface area contributed by atoms with E-state index in [1.54, 1.807) is 0 Å². The van der Waals surface area contributed by atoms with Gasteiger partial charge in [0.15, 0.2) is 0 Å². The predicted molar refractivity (Wildman–Crippen MR) is 61.8 cm³/mol. The number of aryl methyl sites for hydroxylation is 1. The summed E-state index contributed by atoms with van der Waals surface area (Å²) in [6, 6.07) is 10.3. The first-order chi connectivity index (χ1) is 6.39. The molecule has 0 aromatic heterocycles. The van der Waals surface area contributed by atoms with E-state index in [2.05, 4.69) is 19.1 Å². The van der Waals surface area contributed by atoms with Gasteiger partial charge in [-0.1, -0.05) is 67.8 Å². The van der Waals surface area contributed by atoms with Crippen molar-refractivity contribution in [1.29, 1.82) is 0 Å². The van der Waals surface area contributed by atoms with E-state index in [1.807, 2.05) is 18.2 Å². The smallest absolute Gasteiger partial charge is 0.0774 e. The van der Waals surface area contributed by atoms with Crippen molar-refractivity contribution in [3.8, 4) is 0 Å². The fourth-order valence-corrected chi connectivity index (χ4v) is 1.60.